The molecular formula is C14H18FNO. The summed E-state index contributed by atoms with van der Waals surface area (Å²) >= 11 is 0. The molecule has 1 aliphatic rings. The first-order valence-corrected chi connectivity index (χ1v) is 6.22. The van der Waals surface area contributed by atoms with Crippen molar-refractivity contribution in [1.82, 2.24) is 5.32 Å². The molecule has 3 heteroatoms. The molecule has 1 atom stereocenters. The lowest BCUT2D eigenvalue weighted by Gasteiger charge is -2.17. The molecule has 0 spiro atoms. The minimum Gasteiger partial charge on any atom is -0.349 e. The molecule has 1 fully saturated rings. The summed E-state index contributed by atoms with van der Waals surface area (Å²) in [5, 5.41) is 3.00. The van der Waals surface area contributed by atoms with Crippen molar-refractivity contribution < 1.29 is 9.18 Å². The molecule has 0 aromatic heterocycles. The van der Waals surface area contributed by atoms with E-state index < -0.39 is 0 Å². The van der Waals surface area contributed by atoms with E-state index in [9.17, 15) is 9.18 Å². The van der Waals surface area contributed by atoms with Gasteiger partial charge < -0.3 is 5.32 Å². The van der Waals surface area contributed by atoms with Gasteiger partial charge in [0.25, 0.3) is 0 Å². The highest BCUT2D eigenvalue weighted by atomic mass is 19.1. The van der Waals surface area contributed by atoms with E-state index in [0.717, 1.165) is 31.2 Å². The number of halogens is 1. The molecule has 0 saturated heterocycles. The zero-order chi connectivity index (χ0) is 12.3. The molecule has 2 nitrogen and oxygen atoms in total. The zero-order valence-corrected chi connectivity index (χ0v) is 10.1. The molecule has 0 bridgehead atoms. The van der Waals surface area contributed by atoms with Crippen LogP contribution in [0.4, 0.5) is 4.39 Å². The highest BCUT2D eigenvalue weighted by molar-refractivity contribution is 5.79. The zero-order valence-electron chi connectivity index (χ0n) is 10.1. The predicted octanol–water partition coefficient (Wildman–Crippen LogP) is 3.19. The molecule has 92 valence electrons. The number of carbonyl (C=O) groups excluding carboxylic acids is 1. The summed E-state index contributed by atoms with van der Waals surface area (Å²) in [5.41, 5.74) is 0.942. The van der Waals surface area contributed by atoms with Crippen LogP contribution in [0.15, 0.2) is 24.3 Å². The summed E-state index contributed by atoms with van der Waals surface area (Å²) in [6.45, 7) is 1.93. The van der Waals surface area contributed by atoms with Gasteiger partial charge in [-0.25, -0.2) is 4.39 Å². The minimum atomic E-state index is -0.247. The third kappa shape index (κ3) is 3.05. The van der Waals surface area contributed by atoms with Crippen LogP contribution in [0.5, 0.6) is 0 Å². The van der Waals surface area contributed by atoms with Crippen LogP contribution in [-0.2, 0) is 4.79 Å². The Balaban J connectivity index is 1.93. The van der Waals surface area contributed by atoms with Crippen LogP contribution in [0.25, 0.3) is 0 Å². The van der Waals surface area contributed by atoms with Gasteiger partial charge in [-0.15, -0.1) is 0 Å². The fourth-order valence-corrected chi connectivity index (χ4v) is 2.35. The normalized spacial score (nSPS) is 18.0. The van der Waals surface area contributed by atoms with Crippen LogP contribution >= 0.6 is 0 Å². The lowest BCUT2D eigenvalue weighted by atomic mass is 10.0. The predicted molar refractivity (Wildman–Crippen MR) is 64.9 cm³/mol. The van der Waals surface area contributed by atoms with Crippen molar-refractivity contribution in [3.8, 4) is 0 Å². The molecule has 1 aromatic carbocycles. The van der Waals surface area contributed by atoms with Crippen LogP contribution in [0.1, 0.15) is 44.2 Å². The van der Waals surface area contributed by atoms with Crippen molar-refractivity contribution in [3.63, 3.8) is 0 Å². The summed E-state index contributed by atoms with van der Waals surface area (Å²) in [5.74, 6) is 0.0697. The van der Waals surface area contributed by atoms with Gasteiger partial charge in [-0.2, -0.15) is 0 Å². The maximum atomic E-state index is 12.8. The van der Waals surface area contributed by atoms with Crippen LogP contribution in [-0.4, -0.2) is 5.91 Å². The highest BCUT2D eigenvalue weighted by Gasteiger charge is 2.23. The fraction of sp³-hybridized carbons (Fsp3) is 0.500. The van der Waals surface area contributed by atoms with E-state index in [2.05, 4.69) is 5.32 Å². The van der Waals surface area contributed by atoms with Gasteiger partial charge in [0.15, 0.2) is 0 Å². The van der Waals surface area contributed by atoms with E-state index in [0.29, 0.717) is 0 Å². The van der Waals surface area contributed by atoms with E-state index in [1.165, 1.54) is 12.1 Å². The number of hydrogen-bond donors (Lipinski definition) is 1. The monoisotopic (exact) mass is 235 g/mol. The average Bonchev–Trinajstić information content (AvgIpc) is 2.83. The van der Waals surface area contributed by atoms with E-state index in [1.807, 2.05) is 6.92 Å². The van der Waals surface area contributed by atoms with E-state index >= 15 is 0 Å². The van der Waals surface area contributed by atoms with Gasteiger partial charge in [-0.1, -0.05) is 25.0 Å². The maximum absolute atomic E-state index is 12.8. The third-order valence-electron chi connectivity index (χ3n) is 3.45. The molecule has 0 heterocycles. The summed E-state index contributed by atoms with van der Waals surface area (Å²) in [6, 6.07) is 6.23. The highest BCUT2D eigenvalue weighted by Crippen LogP contribution is 2.25. The Bertz CT molecular complexity index is 382. The average molecular weight is 235 g/mol. The van der Waals surface area contributed by atoms with Crippen molar-refractivity contribution >= 4 is 5.91 Å². The van der Waals surface area contributed by atoms with Crippen LogP contribution in [0.3, 0.4) is 0 Å². The van der Waals surface area contributed by atoms with E-state index in [4.69, 9.17) is 0 Å². The molecule has 2 rings (SSSR count). The second-order valence-corrected chi connectivity index (χ2v) is 4.76. The summed E-state index contributed by atoms with van der Waals surface area (Å²) < 4.78 is 12.8. The molecule has 0 aliphatic heterocycles. The Labute approximate surface area is 101 Å². The molecular weight excluding hydrogens is 217 g/mol. The standard InChI is InChI=1S/C14H18FNO/c1-10(11-6-8-13(15)9-7-11)16-14(17)12-4-2-3-5-12/h6-10,12H,2-5H2,1H3,(H,16,17). The Hall–Kier alpha value is -1.38. The van der Waals surface area contributed by atoms with Crippen LogP contribution < -0.4 is 5.32 Å². The largest absolute Gasteiger partial charge is 0.349 e. The van der Waals surface area contributed by atoms with Gasteiger partial charge in [-0.3, -0.25) is 4.79 Å². The Kier molecular flexibility index (Phi) is 3.77. The number of amides is 1. The Morgan fingerprint density at radius 3 is 2.47 bits per heavy atom. The Morgan fingerprint density at radius 1 is 1.29 bits per heavy atom. The quantitative estimate of drug-likeness (QED) is 0.856. The second-order valence-electron chi connectivity index (χ2n) is 4.76. The van der Waals surface area contributed by atoms with Gasteiger partial charge in [-0.05, 0) is 37.5 Å². The van der Waals surface area contributed by atoms with Gasteiger partial charge in [0.1, 0.15) is 5.82 Å². The van der Waals surface area contributed by atoms with Crippen molar-refractivity contribution in [2.75, 3.05) is 0 Å². The van der Waals surface area contributed by atoms with Gasteiger partial charge in [0, 0.05) is 5.92 Å². The number of hydrogen-bond acceptors (Lipinski definition) is 1. The third-order valence-corrected chi connectivity index (χ3v) is 3.45. The summed E-state index contributed by atoms with van der Waals surface area (Å²) in [7, 11) is 0. The molecule has 1 N–H and O–H groups in total. The van der Waals surface area contributed by atoms with Crippen molar-refractivity contribution in [1.29, 1.82) is 0 Å². The first kappa shape index (κ1) is 12.1. The molecule has 17 heavy (non-hydrogen) atoms. The van der Waals surface area contributed by atoms with Gasteiger partial charge in [0.05, 0.1) is 6.04 Å². The molecule has 0 radical (unpaired) electrons. The Morgan fingerprint density at radius 2 is 1.88 bits per heavy atom. The van der Waals surface area contributed by atoms with Crippen LogP contribution in [0, 0.1) is 11.7 Å². The number of rotatable bonds is 3. The van der Waals surface area contributed by atoms with Crippen LogP contribution in [0.2, 0.25) is 0 Å². The molecule has 1 amide bonds. The molecule has 1 saturated carbocycles. The smallest absolute Gasteiger partial charge is 0.223 e. The number of carbonyl (C=O) groups is 1. The SMILES string of the molecule is CC(NC(=O)C1CCCC1)c1ccc(F)cc1. The van der Waals surface area contributed by atoms with Gasteiger partial charge >= 0.3 is 0 Å². The minimum absolute atomic E-state index is 0.0521. The first-order valence-electron chi connectivity index (χ1n) is 6.22. The lowest BCUT2D eigenvalue weighted by molar-refractivity contribution is -0.125. The maximum Gasteiger partial charge on any atom is 0.223 e. The summed E-state index contributed by atoms with van der Waals surface area (Å²) in [4.78, 5) is 11.9. The van der Waals surface area contributed by atoms with Crippen molar-refractivity contribution in [3.05, 3.63) is 35.6 Å². The lowest BCUT2D eigenvalue weighted by Crippen LogP contribution is -2.31. The fourth-order valence-electron chi connectivity index (χ4n) is 2.35. The topological polar surface area (TPSA) is 29.1 Å². The van der Waals surface area contributed by atoms with E-state index in [-0.39, 0.29) is 23.7 Å². The molecule has 1 unspecified atom stereocenters. The second kappa shape index (κ2) is 5.30. The van der Waals surface area contributed by atoms with Crippen molar-refractivity contribution in [2.24, 2.45) is 5.92 Å². The van der Waals surface area contributed by atoms with E-state index in [1.54, 1.807) is 12.1 Å². The number of benzene rings is 1. The summed E-state index contributed by atoms with van der Waals surface area (Å²) in [6.07, 6.45) is 4.32. The molecule has 1 aliphatic carbocycles. The van der Waals surface area contributed by atoms with Gasteiger partial charge in [0.2, 0.25) is 5.91 Å². The first-order chi connectivity index (χ1) is 8.16. The van der Waals surface area contributed by atoms with Crippen molar-refractivity contribution in [2.45, 2.75) is 38.6 Å². The number of nitrogens with one attached hydrogen (secondary N) is 1. The molecule has 1 aromatic rings.